The average molecular weight is 188 g/mol. The highest BCUT2D eigenvalue weighted by Crippen LogP contribution is 2.35. The van der Waals surface area contributed by atoms with Crippen molar-refractivity contribution in [2.45, 2.75) is 31.9 Å². The summed E-state index contributed by atoms with van der Waals surface area (Å²) >= 11 is 0. The summed E-state index contributed by atoms with van der Waals surface area (Å²) in [5, 5.41) is 0. The highest BCUT2D eigenvalue weighted by Gasteiger charge is 2.51. The molecule has 1 saturated heterocycles. The van der Waals surface area contributed by atoms with Crippen LogP contribution in [0.1, 0.15) is 27.2 Å². The normalized spacial score (nSPS) is 32.8. The highest BCUT2D eigenvalue weighted by atomic mass is 32.2. The molecule has 0 radical (unpaired) electrons. The van der Waals surface area contributed by atoms with E-state index in [0.29, 0.717) is 6.61 Å². The van der Waals surface area contributed by atoms with Crippen molar-refractivity contribution in [1.29, 1.82) is 0 Å². The van der Waals surface area contributed by atoms with E-state index in [-0.39, 0.29) is 4.75 Å². The Labute approximate surface area is 76.5 Å². The van der Waals surface area contributed by atoms with Crippen molar-refractivity contribution in [2.75, 3.05) is 12.4 Å². The Morgan fingerprint density at radius 3 is 2.58 bits per heavy atom. The Hall–Kier alpha value is -0.310. The van der Waals surface area contributed by atoms with Crippen molar-refractivity contribution in [1.82, 2.24) is 0 Å². The molecule has 1 heterocycles. The average Bonchev–Trinajstić information content (AvgIpc) is 2.62. The van der Waals surface area contributed by atoms with Crippen LogP contribution in [-0.2, 0) is 15.5 Å². The summed E-state index contributed by atoms with van der Waals surface area (Å²) in [6.45, 7) is 6.66. The second kappa shape index (κ2) is 3.60. The number of hydrogen-bond donors (Lipinski definition) is 0. The van der Waals surface area contributed by atoms with Gasteiger partial charge in [0.25, 0.3) is 0 Å². The molecule has 2 atom stereocenters. The van der Waals surface area contributed by atoms with Gasteiger partial charge < -0.3 is 4.74 Å². The molecule has 0 aromatic rings. The largest absolute Gasteiger partial charge is 0.500 e. The fourth-order valence-electron chi connectivity index (χ4n) is 1.04. The summed E-state index contributed by atoms with van der Waals surface area (Å²) in [6.07, 6.45) is 2.70. The molecular formula is C9H16O2S. The van der Waals surface area contributed by atoms with Gasteiger partial charge in [-0.05, 0) is 25.8 Å². The first-order valence-corrected chi connectivity index (χ1v) is 5.56. The van der Waals surface area contributed by atoms with Crippen molar-refractivity contribution in [3.8, 4) is 0 Å². The minimum Gasteiger partial charge on any atom is -0.500 e. The zero-order valence-corrected chi connectivity index (χ0v) is 8.74. The van der Waals surface area contributed by atoms with Gasteiger partial charge in [0.1, 0.15) is 6.61 Å². The van der Waals surface area contributed by atoms with Crippen LogP contribution < -0.4 is 0 Å². The zero-order chi connectivity index (χ0) is 9.19. The van der Waals surface area contributed by atoms with Crippen LogP contribution in [-0.4, -0.2) is 21.3 Å². The Balaban J connectivity index is 2.32. The smallest absolute Gasteiger partial charge is 0.105 e. The van der Waals surface area contributed by atoms with Gasteiger partial charge in [-0.15, -0.1) is 0 Å². The SMILES string of the molecule is CCC1(COC=C(C)C)CS1=O. The lowest BCUT2D eigenvalue weighted by Gasteiger charge is -2.08. The highest BCUT2D eigenvalue weighted by molar-refractivity contribution is 7.94. The van der Waals surface area contributed by atoms with Crippen LogP contribution in [0.4, 0.5) is 0 Å². The summed E-state index contributed by atoms with van der Waals surface area (Å²) in [5.74, 6) is 0.820. The lowest BCUT2D eigenvalue weighted by atomic mass is 10.1. The molecular weight excluding hydrogens is 172 g/mol. The third-order valence-electron chi connectivity index (χ3n) is 2.10. The van der Waals surface area contributed by atoms with Crippen molar-refractivity contribution in [2.24, 2.45) is 0 Å². The molecule has 1 aliphatic heterocycles. The molecule has 1 fully saturated rings. The maximum atomic E-state index is 11.1. The Kier molecular flexibility index (Phi) is 2.94. The lowest BCUT2D eigenvalue weighted by molar-refractivity contribution is 0.225. The van der Waals surface area contributed by atoms with Gasteiger partial charge in [0.2, 0.25) is 0 Å². The fourth-order valence-corrected chi connectivity index (χ4v) is 2.41. The van der Waals surface area contributed by atoms with Gasteiger partial charge in [0.05, 0.1) is 11.0 Å². The second-order valence-electron chi connectivity index (χ2n) is 3.53. The summed E-state index contributed by atoms with van der Waals surface area (Å²) in [5.41, 5.74) is 1.15. The van der Waals surface area contributed by atoms with E-state index in [1.807, 2.05) is 13.8 Å². The molecule has 0 aromatic heterocycles. The number of hydrogen-bond acceptors (Lipinski definition) is 2. The van der Waals surface area contributed by atoms with Crippen molar-refractivity contribution in [3.05, 3.63) is 11.8 Å². The Morgan fingerprint density at radius 2 is 2.25 bits per heavy atom. The van der Waals surface area contributed by atoms with E-state index in [9.17, 15) is 4.21 Å². The molecule has 0 bridgehead atoms. The van der Waals surface area contributed by atoms with Crippen LogP contribution in [0.15, 0.2) is 11.8 Å². The quantitative estimate of drug-likeness (QED) is 0.497. The maximum absolute atomic E-state index is 11.1. The molecule has 1 rings (SSSR count). The Morgan fingerprint density at radius 1 is 1.67 bits per heavy atom. The van der Waals surface area contributed by atoms with E-state index < -0.39 is 10.8 Å². The summed E-state index contributed by atoms with van der Waals surface area (Å²) in [4.78, 5) is 0. The standard InChI is InChI=1S/C9H16O2S/c1-4-9(7-12(9)10)6-11-5-8(2)3/h5H,4,6-7H2,1-3H3. The minimum atomic E-state index is -0.627. The van der Waals surface area contributed by atoms with E-state index in [4.69, 9.17) is 4.74 Å². The van der Waals surface area contributed by atoms with Crippen LogP contribution in [0, 0.1) is 0 Å². The maximum Gasteiger partial charge on any atom is 0.105 e. The first kappa shape index (κ1) is 9.78. The zero-order valence-electron chi connectivity index (χ0n) is 7.92. The van der Waals surface area contributed by atoms with Gasteiger partial charge in [0.15, 0.2) is 0 Å². The molecule has 0 aromatic carbocycles. The van der Waals surface area contributed by atoms with E-state index in [2.05, 4.69) is 6.92 Å². The first-order chi connectivity index (χ1) is 5.60. The van der Waals surface area contributed by atoms with Crippen LogP contribution in [0.2, 0.25) is 0 Å². The lowest BCUT2D eigenvalue weighted by Crippen LogP contribution is -2.17. The third kappa shape index (κ3) is 2.09. The molecule has 12 heavy (non-hydrogen) atoms. The molecule has 2 unspecified atom stereocenters. The molecule has 1 aliphatic rings. The monoisotopic (exact) mass is 188 g/mol. The van der Waals surface area contributed by atoms with Crippen LogP contribution in [0.3, 0.4) is 0 Å². The van der Waals surface area contributed by atoms with Gasteiger partial charge in [-0.25, -0.2) is 0 Å². The molecule has 0 amide bonds. The number of rotatable bonds is 4. The van der Waals surface area contributed by atoms with E-state index >= 15 is 0 Å². The number of allylic oxidation sites excluding steroid dienone is 1. The summed E-state index contributed by atoms with van der Waals surface area (Å²) in [7, 11) is -0.627. The molecule has 0 saturated carbocycles. The molecule has 2 nitrogen and oxygen atoms in total. The van der Waals surface area contributed by atoms with Gasteiger partial charge >= 0.3 is 0 Å². The fraction of sp³-hybridized carbons (Fsp3) is 0.778. The first-order valence-electron chi connectivity index (χ1n) is 4.24. The third-order valence-corrected chi connectivity index (χ3v) is 4.08. The van der Waals surface area contributed by atoms with Crippen molar-refractivity contribution >= 4 is 10.8 Å². The van der Waals surface area contributed by atoms with E-state index in [1.54, 1.807) is 6.26 Å². The predicted octanol–water partition coefficient (Wildman–Crippen LogP) is 1.84. The van der Waals surface area contributed by atoms with Crippen molar-refractivity contribution in [3.63, 3.8) is 0 Å². The topological polar surface area (TPSA) is 26.3 Å². The molecule has 3 heteroatoms. The van der Waals surface area contributed by atoms with Crippen LogP contribution in [0.5, 0.6) is 0 Å². The van der Waals surface area contributed by atoms with Gasteiger partial charge in [-0.2, -0.15) is 0 Å². The van der Waals surface area contributed by atoms with Gasteiger partial charge in [0, 0.05) is 16.6 Å². The van der Waals surface area contributed by atoms with E-state index in [1.165, 1.54) is 0 Å². The van der Waals surface area contributed by atoms with Gasteiger partial charge in [-0.3, -0.25) is 4.21 Å². The second-order valence-corrected chi connectivity index (χ2v) is 5.38. The van der Waals surface area contributed by atoms with Crippen LogP contribution in [0.25, 0.3) is 0 Å². The molecule has 0 N–H and O–H groups in total. The minimum absolute atomic E-state index is 0.00799. The Bertz CT molecular complexity index is 219. The van der Waals surface area contributed by atoms with Crippen LogP contribution >= 0.6 is 0 Å². The summed E-state index contributed by atoms with van der Waals surface area (Å²) < 4.78 is 16.4. The number of ether oxygens (including phenoxy) is 1. The van der Waals surface area contributed by atoms with Crippen molar-refractivity contribution < 1.29 is 8.95 Å². The summed E-state index contributed by atoms with van der Waals surface area (Å²) in [6, 6.07) is 0. The van der Waals surface area contributed by atoms with Gasteiger partial charge in [-0.1, -0.05) is 6.92 Å². The predicted molar refractivity (Wildman–Crippen MR) is 51.4 cm³/mol. The van der Waals surface area contributed by atoms with E-state index in [0.717, 1.165) is 17.7 Å². The molecule has 0 spiro atoms. The molecule has 70 valence electrons. The molecule has 0 aliphatic carbocycles.